The van der Waals surface area contributed by atoms with Gasteiger partial charge in [-0.2, -0.15) is 12.6 Å². The molecule has 0 spiro atoms. The highest BCUT2D eigenvalue weighted by atomic mass is 32.1. The van der Waals surface area contributed by atoms with Crippen LogP contribution < -0.4 is 0 Å². The molecule has 10 rings (SSSR count). The van der Waals surface area contributed by atoms with E-state index in [1.165, 1.54) is 44.9 Å². The van der Waals surface area contributed by atoms with Gasteiger partial charge in [-0.25, -0.2) is 0 Å². The lowest BCUT2D eigenvalue weighted by molar-refractivity contribution is 0.504. The number of unbranched alkanes of at least 4 members (excludes halogenated alkanes) is 5. The Morgan fingerprint density at radius 3 is 0.840 bits per heavy atom. The highest BCUT2D eigenvalue weighted by Gasteiger charge is 2.07. The standard InChI is InChI=1S/C14H19NO.C13H17NO.C9H9NOS.2C9H9NO.5C2H6/c1-2-3-4-5-7-12-9-10-14(16-12)13-8-6-11-15-13;1-2-3-4-6-11-8-9-13(15-11)12-7-5-10-14-12;12-6-7-3-4-9(11-7)8-2-1-5-10-8;2*1-7-4-5-9(11-7)8-3-2-6-10-8;5*1-2/h6,8-11,15H,2-5,7H2,1H3;5,7-10,14H,2-4,6H2,1H3;1-5,10,12H,6H2;2*2-6,10H,1H3;5*1-2H3. The Balaban J connectivity index is 0.000000452. The van der Waals surface area contributed by atoms with Gasteiger partial charge in [0, 0.05) is 49.6 Å². The molecule has 5 N–H and O–H groups in total. The zero-order chi connectivity index (χ0) is 55.5. The van der Waals surface area contributed by atoms with Gasteiger partial charge in [-0.05, 0) is 148 Å². The first kappa shape index (κ1) is 66.2. The number of thiol groups is 1. The van der Waals surface area contributed by atoms with Crippen LogP contribution in [0.1, 0.15) is 157 Å². The van der Waals surface area contributed by atoms with E-state index in [1.807, 2.05) is 223 Å². The summed E-state index contributed by atoms with van der Waals surface area (Å²) in [4.78, 5) is 15.5. The monoisotopic (exact) mass is 1040 g/mol. The maximum Gasteiger partial charge on any atom is 0.150 e. The summed E-state index contributed by atoms with van der Waals surface area (Å²) in [5.74, 6) is 10.1. The number of rotatable bonds is 15. The van der Waals surface area contributed by atoms with Crippen molar-refractivity contribution in [1.82, 2.24) is 24.9 Å². The van der Waals surface area contributed by atoms with E-state index in [-0.39, 0.29) is 0 Å². The van der Waals surface area contributed by atoms with E-state index in [1.54, 1.807) is 0 Å². The maximum atomic E-state index is 5.78. The molecule has 0 fully saturated rings. The summed E-state index contributed by atoms with van der Waals surface area (Å²) in [6.45, 7) is 28.3. The zero-order valence-electron chi connectivity index (χ0n) is 48.0. The summed E-state index contributed by atoms with van der Waals surface area (Å²) in [6.07, 6.45) is 20.5. The molecule has 0 unspecified atom stereocenters. The topological polar surface area (TPSA) is 145 Å². The average Bonchev–Trinajstić information content (AvgIpc) is 4.28. The second-order valence-corrected chi connectivity index (χ2v) is 15.8. The molecule has 0 aliphatic carbocycles. The summed E-state index contributed by atoms with van der Waals surface area (Å²) in [5.41, 5.74) is 5.16. The number of aromatic nitrogens is 5. The van der Waals surface area contributed by atoms with Gasteiger partial charge in [-0.1, -0.05) is 115 Å². The lowest BCUT2D eigenvalue weighted by atomic mass is 10.1. The number of hydrogen-bond acceptors (Lipinski definition) is 6. The van der Waals surface area contributed by atoms with Crippen LogP contribution in [0.3, 0.4) is 0 Å². The molecule has 0 aromatic carbocycles. The molecule has 0 amide bonds. The Labute approximate surface area is 456 Å². The number of H-pyrrole nitrogens is 5. The molecule has 75 heavy (non-hydrogen) atoms. The second kappa shape index (κ2) is 42.5. The normalized spacial score (nSPS) is 9.53. The van der Waals surface area contributed by atoms with E-state index >= 15 is 0 Å². The highest BCUT2D eigenvalue weighted by Crippen LogP contribution is 2.24. The van der Waals surface area contributed by atoms with E-state index in [9.17, 15) is 0 Å². The van der Waals surface area contributed by atoms with Gasteiger partial charge in [0.1, 0.15) is 51.8 Å². The number of aryl methyl sites for hydroxylation is 4. The van der Waals surface area contributed by atoms with Crippen molar-refractivity contribution < 1.29 is 22.1 Å². The van der Waals surface area contributed by atoms with E-state index < -0.39 is 0 Å². The predicted octanol–water partition coefficient (Wildman–Crippen LogP) is 21.4. The third kappa shape index (κ3) is 25.3. The van der Waals surface area contributed by atoms with Crippen LogP contribution in [0.15, 0.2) is 174 Å². The molecule has 0 bridgehead atoms. The van der Waals surface area contributed by atoms with Gasteiger partial charge in [-0.15, -0.1) is 0 Å². The second-order valence-electron chi connectivity index (χ2n) is 15.5. The summed E-state index contributed by atoms with van der Waals surface area (Å²) in [6, 6.07) is 39.7. The van der Waals surface area contributed by atoms with Crippen LogP contribution in [-0.2, 0) is 18.6 Å². The van der Waals surface area contributed by atoms with Gasteiger partial charge in [0.25, 0.3) is 0 Å². The van der Waals surface area contributed by atoms with Crippen LogP contribution in [0.2, 0.25) is 0 Å². The minimum atomic E-state index is 0.640. The fourth-order valence-corrected chi connectivity index (χ4v) is 6.94. The molecule has 0 saturated carbocycles. The Kier molecular flexibility index (Phi) is 37.5. The Hall–Kier alpha value is -6.85. The van der Waals surface area contributed by atoms with Gasteiger partial charge in [0.05, 0.1) is 28.5 Å². The number of nitrogens with one attached hydrogen (secondary N) is 5. The van der Waals surface area contributed by atoms with E-state index in [0.29, 0.717) is 5.75 Å². The van der Waals surface area contributed by atoms with Crippen molar-refractivity contribution in [2.24, 2.45) is 0 Å². The third-order valence-corrected chi connectivity index (χ3v) is 10.6. The van der Waals surface area contributed by atoms with Crippen molar-refractivity contribution >= 4 is 12.6 Å². The van der Waals surface area contributed by atoms with Crippen molar-refractivity contribution in [3.05, 3.63) is 181 Å². The van der Waals surface area contributed by atoms with Crippen molar-refractivity contribution in [1.29, 1.82) is 0 Å². The van der Waals surface area contributed by atoms with Crippen molar-refractivity contribution in [3.8, 4) is 57.3 Å². The van der Waals surface area contributed by atoms with Crippen molar-refractivity contribution in [2.75, 3.05) is 0 Å². The van der Waals surface area contributed by atoms with Gasteiger partial charge in [0.2, 0.25) is 0 Å². The van der Waals surface area contributed by atoms with Gasteiger partial charge in [0.15, 0.2) is 5.76 Å². The maximum absolute atomic E-state index is 5.78. The van der Waals surface area contributed by atoms with Crippen molar-refractivity contribution in [2.45, 2.75) is 160 Å². The lowest BCUT2D eigenvalue weighted by Gasteiger charge is -1.97. The van der Waals surface area contributed by atoms with Crippen LogP contribution in [0.4, 0.5) is 0 Å². The molecule has 10 heterocycles. The first-order valence-corrected chi connectivity index (χ1v) is 28.2. The van der Waals surface area contributed by atoms with Crippen LogP contribution in [0.5, 0.6) is 0 Å². The Bertz CT molecular complexity index is 2600. The predicted molar refractivity (Wildman–Crippen MR) is 322 cm³/mol. The van der Waals surface area contributed by atoms with Crippen LogP contribution in [0, 0.1) is 13.8 Å². The molecule has 0 aliphatic rings. The lowest BCUT2D eigenvalue weighted by Crippen LogP contribution is -1.82. The SMILES string of the molecule is CC.CC.CC.CC.CC.CCCCCCc1ccc(-c2ccc[nH]2)o1.CCCCCc1ccc(-c2ccc[nH]2)o1.Cc1ccc(-c2ccc[nH]2)o1.Cc1ccc(-c2ccc[nH]2)o1.SCc1ccc(-c2ccc[nH]2)o1. The molecule has 10 aromatic rings. The number of aromatic amines is 5. The van der Waals surface area contributed by atoms with E-state index in [4.69, 9.17) is 22.1 Å². The molecule has 410 valence electrons. The van der Waals surface area contributed by atoms with Gasteiger partial charge in [-0.3, -0.25) is 0 Å². The van der Waals surface area contributed by atoms with E-state index in [2.05, 4.69) is 63.5 Å². The molecule has 0 radical (unpaired) electrons. The summed E-state index contributed by atoms with van der Waals surface area (Å²) >= 11 is 4.12. The fourth-order valence-electron chi connectivity index (χ4n) is 6.77. The molecule has 0 saturated heterocycles. The van der Waals surface area contributed by atoms with Crippen LogP contribution >= 0.6 is 12.6 Å². The first-order valence-electron chi connectivity index (χ1n) is 27.6. The molecule has 11 heteroatoms. The van der Waals surface area contributed by atoms with E-state index in [0.717, 1.165) is 98.9 Å². The third-order valence-electron chi connectivity index (χ3n) is 10.2. The first-order chi connectivity index (χ1) is 36.9. The van der Waals surface area contributed by atoms with Gasteiger partial charge >= 0.3 is 0 Å². The summed E-state index contributed by atoms with van der Waals surface area (Å²) in [5, 5.41) is 0. The quantitative estimate of drug-likeness (QED) is 0.0447. The molecular formula is C64H93N5O5S. The Morgan fingerprint density at radius 1 is 0.320 bits per heavy atom. The van der Waals surface area contributed by atoms with Crippen molar-refractivity contribution in [3.63, 3.8) is 0 Å². The van der Waals surface area contributed by atoms with Crippen LogP contribution in [-0.4, -0.2) is 24.9 Å². The zero-order valence-corrected chi connectivity index (χ0v) is 48.9. The number of furan rings is 5. The molecule has 10 nitrogen and oxygen atoms in total. The summed E-state index contributed by atoms with van der Waals surface area (Å²) in [7, 11) is 0. The Morgan fingerprint density at radius 2 is 0.587 bits per heavy atom. The molecule has 0 atom stereocenters. The van der Waals surface area contributed by atoms with Gasteiger partial charge < -0.3 is 47.0 Å². The molecular weight excluding hydrogens is 951 g/mol. The minimum Gasteiger partial charge on any atom is -0.460 e. The smallest absolute Gasteiger partial charge is 0.150 e. The fraction of sp³-hybridized carbons (Fsp3) is 0.375. The summed E-state index contributed by atoms with van der Waals surface area (Å²) < 4.78 is 27.8. The minimum absolute atomic E-state index is 0.640. The van der Waals surface area contributed by atoms with Crippen LogP contribution in [0.25, 0.3) is 57.3 Å². The largest absolute Gasteiger partial charge is 0.460 e. The average molecular weight is 1040 g/mol. The number of hydrogen-bond donors (Lipinski definition) is 6. The molecule has 10 aromatic heterocycles. The highest BCUT2D eigenvalue weighted by molar-refractivity contribution is 7.79. The molecule has 0 aliphatic heterocycles.